The molecule has 2 heteroatoms. The van der Waals surface area contributed by atoms with Gasteiger partial charge >= 0.3 is 5.97 Å². The molecule has 0 aromatic carbocycles. The van der Waals surface area contributed by atoms with Gasteiger partial charge in [-0.05, 0) is 19.3 Å². The third kappa shape index (κ3) is 5.53. The van der Waals surface area contributed by atoms with E-state index < -0.39 is 0 Å². The minimum Gasteiger partial charge on any atom is -0.465 e. The molecule has 0 aliphatic heterocycles. The quantitative estimate of drug-likeness (QED) is 0.387. The van der Waals surface area contributed by atoms with E-state index in [1.165, 1.54) is 44.9 Å². The van der Waals surface area contributed by atoms with Crippen molar-refractivity contribution >= 4 is 5.97 Å². The summed E-state index contributed by atoms with van der Waals surface area (Å²) in [7, 11) is 0. The number of carbonyl (C=O) groups is 1. The molecule has 1 rings (SSSR count). The van der Waals surface area contributed by atoms with E-state index in [1.54, 1.807) is 0 Å². The lowest BCUT2D eigenvalue weighted by Crippen LogP contribution is -2.17. The highest BCUT2D eigenvalue weighted by molar-refractivity contribution is 5.72. The van der Waals surface area contributed by atoms with Crippen LogP contribution in [0, 0.1) is 5.92 Å². The smallest absolute Gasteiger partial charge is 0.308 e. The number of unbranched alkanes of at least 4 members (excludes halogenated alkanes) is 3. The first-order valence-electron chi connectivity index (χ1n) is 7.01. The molecule has 0 heterocycles. The molecular formula is C14H26O2. The summed E-state index contributed by atoms with van der Waals surface area (Å²) in [6, 6.07) is 0. The number of hydrogen-bond acceptors (Lipinski definition) is 2. The van der Waals surface area contributed by atoms with E-state index in [1.807, 2.05) is 0 Å². The van der Waals surface area contributed by atoms with Gasteiger partial charge in [0.2, 0.25) is 0 Å². The van der Waals surface area contributed by atoms with Crippen molar-refractivity contribution in [3.05, 3.63) is 0 Å². The number of rotatable bonds is 6. The Balaban J connectivity index is 2.08. The zero-order chi connectivity index (χ0) is 11.6. The Labute approximate surface area is 99.8 Å². The van der Waals surface area contributed by atoms with Gasteiger partial charge in [-0.15, -0.1) is 0 Å². The molecule has 2 nitrogen and oxygen atoms in total. The lowest BCUT2D eigenvalue weighted by atomic mass is 10.0. The van der Waals surface area contributed by atoms with Crippen LogP contribution in [0.15, 0.2) is 0 Å². The summed E-state index contributed by atoms with van der Waals surface area (Å²) < 4.78 is 5.34. The molecule has 1 aliphatic carbocycles. The fraction of sp³-hybridized carbons (Fsp3) is 0.929. The molecule has 0 aromatic rings. The normalized spacial score (nSPS) is 18.1. The van der Waals surface area contributed by atoms with Gasteiger partial charge in [0.25, 0.3) is 0 Å². The SMILES string of the molecule is CCCCCCOC(=O)C1CCCCCC1. The molecule has 94 valence electrons. The highest BCUT2D eigenvalue weighted by Gasteiger charge is 2.20. The molecular weight excluding hydrogens is 200 g/mol. The van der Waals surface area contributed by atoms with Crippen LogP contribution in [0.2, 0.25) is 0 Å². The van der Waals surface area contributed by atoms with Crippen molar-refractivity contribution in [3.8, 4) is 0 Å². The maximum absolute atomic E-state index is 11.8. The minimum atomic E-state index is 0.0680. The number of esters is 1. The maximum Gasteiger partial charge on any atom is 0.308 e. The van der Waals surface area contributed by atoms with Crippen LogP contribution in [0.25, 0.3) is 0 Å². The third-order valence-corrected chi connectivity index (χ3v) is 3.43. The van der Waals surface area contributed by atoms with Crippen molar-refractivity contribution in [2.24, 2.45) is 5.92 Å². The molecule has 0 aromatic heterocycles. The number of ether oxygens (including phenoxy) is 1. The Morgan fingerprint density at radius 1 is 1.06 bits per heavy atom. The first-order chi connectivity index (χ1) is 7.84. The van der Waals surface area contributed by atoms with Crippen LogP contribution in [0.1, 0.15) is 71.1 Å². The van der Waals surface area contributed by atoms with Crippen molar-refractivity contribution in [1.29, 1.82) is 0 Å². The summed E-state index contributed by atoms with van der Waals surface area (Å²) >= 11 is 0. The van der Waals surface area contributed by atoms with Crippen LogP contribution in [0.5, 0.6) is 0 Å². The lowest BCUT2D eigenvalue weighted by Gasteiger charge is -2.13. The Hall–Kier alpha value is -0.530. The summed E-state index contributed by atoms with van der Waals surface area (Å²) in [5.41, 5.74) is 0. The van der Waals surface area contributed by atoms with E-state index >= 15 is 0 Å². The molecule has 0 radical (unpaired) electrons. The van der Waals surface area contributed by atoms with Crippen LogP contribution in [-0.4, -0.2) is 12.6 Å². The Kier molecular flexibility index (Phi) is 7.28. The molecule has 1 aliphatic rings. The summed E-state index contributed by atoms with van der Waals surface area (Å²) in [5, 5.41) is 0. The second-order valence-corrected chi connectivity index (χ2v) is 4.92. The molecule has 0 atom stereocenters. The molecule has 1 saturated carbocycles. The number of carbonyl (C=O) groups excluding carboxylic acids is 1. The highest BCUT2D eigenvalue weighted by Crippen LogP contribution is 2.23. The molecule has 0 unspecified atom stereocenters. The summed E-state index contributed by atoms with van der Waals surface area (Å²) in [5.74, 6) is 0.270. The predicted octanol–water partition coefficient (Wildman–Crippen LogP) is 4.08. The van der Waals surface area contributed by atoms with E-state index in [0.717, 1.165) is 19.3 Å². The van der Waals surface area contributed by atoms with Crippen LogP contribution in [-0.2, 0) is 9.53 Å². The van der Waals surface area contributed by atoms with E-state index in [2.05, 4.69) is 6.92 Å². The third-order valence-electron chi connectivity index (χ3n) is 3.43. The first-order valence-corrected chi connectivity index (χ1v) is 7.01. The van der Waals surface area contributed by atoms with E-state index in [-0.39, 0.29) is 11.9 Å². The van der Waals surface area contributed by atoms with Gasteiger partial charge in [-0.2, -0.15) is 0 Å². The standard InChI is InChI=1S/C14H26O2/c1-2-3-4-9-12-16-14(15)13-10-7-5-6-8-11-13/h13H,2-12H2,1H3. The Morgan fingerprint density at radius 2 is 1.75 bits per heavy atom. The van der Waals surface area contributed by atoms with Gasteiger partial charge < -0.3 is 4.74 Å². The molecule has 0 N–H and O–H groups in total. The average molecular weight is 226 g/mol. The highest BCUT2D eigenvalue weighted by atomic mass is 16.5. The maximum atomic E-state index is 11.8. The predicted molar refractivity (Wildman–Crippen MR) is 66.3 cm³/mol. The van der Waals surface area contributed by atoms with E-state index in [9.17, 15) is 4.79 Å². The van der Waals surface area contributed by atoms with Crippen molar-refractivity contribution in [3.63, 3.8) is 0 Å². The summed E-state index contributed by atoms with van der Waals surface area (Å²) in [6.07, 6.45) is 11.8. The number of hydrogen-bond donors (Lipinski definition) is 0. The lowest BCUT2D eigenvalue weighted by molar-refractivity contribution is -0.149. The van der Waals surface area contributed by atoms with Crippen LogP contribution < -0.4 is 0 Å². The average Bonchev–Trinajstić information content (AvgIpc) is 2.57. The van der Waals surface area contributed by atoms with Gasteiger partial charge in [-0.25, -0.2) is 0 Å². The first kappa shape index (κ1) is 13.5. The van der Waals surface area contributed by atoms with Gasteiger partial charge in [0.05, 0.1) is 12.5 Å². The minimum absolute atomic E-state index is 0.0680. The molecule has 0 amide bonds. The molecule has 0 bridgehead atoms. The van der Waals surface area contributed by atoms with Gasteiger partial charge in [-0.1, -0.05) is 51.9 Å². The van der Waals surface area contributed by atoms with Crippen LogP contribution >= 0.6 is 0 Å². The molecule has 1 fully saturated rings. The van der Waals surface area contributed by atoms with Gasteiger partial charge in [0.15, 0.2) is 0 Å². The fourth-order valence-corrected chi connectivity index (χ4v) is 2.33. The topological polar surface area (TPSA) is 26.3 Å². The largest absolute Gasteiger partial charge is 0.465 e. The second kappa shape index (κ2) is 8.60. The van der Waals surface area contributed by atoms with Crippen LogP contribution in [0.4, 0.5) is 0 Å². The second-order valence-electron chi connectivity index (χ2n) is 4.92. The van der Waals surface area contributed by atoms with Crippen molar-refractivity contribution < 1.29 is 9.53 Å². The van der Waals surface area contributed by atoms with E-state index in [0.29, 0.717) is 6.61 Å². The zero-order valence-electron chi connectivity index (χ0n) is 10.7. The molecule has 16 heavy (non-hydrogen) atoms. The summed E-state index contributed by atoms with van der Waals surface area (Å²) in [6.45, 7) is 2.83. The van der Waals surface area contributed by atoms with Crippen molar-refractivity contribution in [1.82, 2.24) is 0 Å². The van der Waals surface area contributed by atoms with Crippen LogP contribution in [0.3, 0.4) is 0 Å². The van der Waals surface area contributed by atoms with Crippen molar-refractivity contribution in [2.75, 3.05) is 6.61 Å². The molecule has 0 spiro atoms. The monoisotopic (exact) mass is 226 g/mol. The Bertz CT molecular complexity index is 181. The van der Waals surface area contributed by atoms with Crippen molar-refractivity contribution in [2.45, 2.75) is 71.1 Å². The van der Waals surface area contributed by atoms with Gasteiger partial charge in [0.1, 0.15) is 0 Å². The van der Waals surface area contributed by atoms with E-state index in [4.69, 9.17) is 4.74 Å². The van der Waals surface area contributed by atoms with Gasteiger partial charge in [0, 0.05) is 0 Å². The molecule has 0 saturated heterocycles. The van der Waals surface area contributed by atoms with Gasteiger partial charge in [-0.3, -0.25) is 4.79 Å². The zero-order valence-corrected chi connectivity index (χ0v) is 10.7. The fourth-order valence-electron chi connectivity index (χ4n) is 2.33. The summed E-state index contributed by atoms with van der Waals surface area (Å²) in [4.78, 5) is 11.8. The Morgan fingerprint density at radius 3 is 2.38 bits per heavy atom.